The smallest absolute Gasteiger partial charge is 0.0470 e. The van der Waals surface area contributed by atoms with Crippen molar-refractivity contribution in [2.45, 2.75) is 24.9 Å². The molecule has 0 saturated carbocycles. The number of rotatable bonds is 4. The Morgan fingerprint density at radius 2 is 2.11 bits per heavy atom. The quantitative estimate of drug-likeness (QED) is 0.923. The molecule has 1 fully saturated rings. The first-order chi connectivity index (χ1) is 9.11. The Morgan fingerprint density at radius 1 is 1.42 bits per heavy atom. The van der Waals surface area contributed by atoms with Crippen LogP contribution in [0.1, 0.15) is 24.4 Å². The zero-order valence-corrected chi connectivity index (χ0v) is 13.4. The molecule has 1 saturated heterocycles. The number of piperidine rings is 1. The first-order valence-electron chi connectivity index (χ1n) is 6.98. The fourth-order valence-electron chi connectivity index (χ4n) is 2.91. The van der Waals surface area contributed by atoms with Crippen LogP contribution in [0.4, 0.5) is 0 Å². The minimum Gasteiger partial charge on any atom is -0.329 e. The van der Waals surface area contributed by atoms with E-state index in [1.54, 1.807) is 0 Å². The molecule has 1 aliphatic rings. The summed E-state index contributed by atoms with van der Waals surface area (Å²) in [5.74, 6) is 0. The first-order valence-corrected chi connectivity index (χ1v) is 7.77. The van der Waals surface area contributed by atoms with Gasteiger partial charge in [0.15, 0.2) is 0 Å². The maximum atomic E-state index is 6.02. The minimum atomic E-state index is 0.311. The lowest BCUT2D eigenvalue weighted by Gasteiger charge is -2.39. The van der Waals surface area contributed by atoms with Crippen molar-refractivity contribution in [3.8, 4) is 0 Å². The van der Waals surface area contributed by atoms with Crippen molar-refractivity contribution in [3.05, 3.63) is 34.3 Å². The summed E-state index contributed by atoms with van der Waals surface area (Å²) in [5.41, 5.74) is 7.33. The molecular weight excluding hydrogens is 302 g/mol. The van der Waals surface area contributed by atoms with E-state index in [-0.39, 0.29) is 0 Å². The summed E-state index contributed by atoms with van der Waals surface area (Å²) >= 11 is 3.55. The van der Waals surface area contributed by atoms with E-state index in [1.807, 2.05) is 0 Å². The Morgan fingerprint density at radius 3 is 2.68 bits per heavy atom. The van der Waals surface area contributed by atoms with Crippen LogP contribution < -0.4 is 5.73 Å². The fraction of sp³-hybridized carbons (Fsp3) is 0.600. The monoisotopic (exact) mass is 325 g/mol. The van der Waals surface area contributed by atoms with E-state index in [9.17, 15) is 0 Å². The van der Waals surface area contributed by atoms with Crippen LogP contribution in [0.5, 0.6) is 0 Å². The third kappa shape index (κ3) is 3.78. The van der Waals surface area contributed by atoms with Gasteiger partial charge in [-0.3, -0.25) is 4.90 Å². The van der Waals surface area contributed by atoms with Gasteiger partial charge in [0.2, 0.25) is 0 Å². The van der Waals surface area contributed by atoms with Crippen LogP contribution in [0.25, 0.3) is 0 Å². The molecule has 1 aliphatic heterocycles. The molecule has 106 valence electrons. The Kier molecular flexibility index (Phi) is 5.39. The molecule has 0 spiro atoms. The zero-order valence-electron chi connectivity index (χ0n) is 11.8. The van der Waals surface area contributed by atoms with Crippen LogP contribution >= 0.6 is 15.9 Å². The maximum Gasteiger partial charge on any atom is 0.0470 e. The number of halogens is 1. The SMILES string of the molecule is CN1CCC(N(C)C(CN)c2cccc(Br)c2)CC1. The lowest BCUT2D eigenvalue weighted by molar-refractivity contribution is 0.109. The molecule has 3 nitrogen and oxygen atoms in total. The molecule has 2 rings (SSSR count). The molecule has 1 unspecified atom stereocenters. The lowest BCUT2D eigenvalue weighted by atomic mass is 9.99. The number of nitrogens with zero attached hydrogens (tertiary/aromatic N) is 2. The van der Waals surface area contributed by atoms with Crippen LogP contribution in [0.2, 0.25) is 0 Å². The third-order valence-corrected chi connectivity index (χ3v) is 4.71. The van der Waals surface area contributed by atoms with E-state index in [0.717, 1.165) is 4.47 Å². The molecule has 1 aromatic rings. The van der Waals surface area contributed by atoms with Crippen molar-refractivity contribution >= 4 is 15.9 Å². The summed E-state index contributed by atoms with van der Waals surface area (Å²) in [4.78, 5) is 4.87. The van der Waals surface area contributed by atoms with Crippen LogP contribution in [-0.4, -0.2) is 49.6 Å². The van der Waals surface area contributed by atoms with E-state index >= 15 is 0 Å². The molecule has 0 aliphatic carbocycles. The summed E-state index contributed by atoms with van der Waals surface area (Å²) in [6, 6.07) is 9.46. The van der Waals surface area contributed by atoms with E-state index < -0.39 is 0 Å². The third-order valence-electron chi connectivity index (χ3n) is 4.21. The van der Waals surface area contributed by atoms with Gasteiger partial charge in [0.1, 0.15) is 0 Å². The average molecular weight is 326 g/mol. The van der Waals surface area contributed by atoms with Gasteiger partial charge in [0, 0.05) is 23.1 Å². The molecule has 1 atom stereocenters. The molecule has 19 heavy (non-hydrogen) atoms. The summed E-state index contributed by atoms with van der Waals surface area (Å²) < 4.78 is 1.13. The van der Waals surface area contributed by atoms with Gasteiger partial charge in [-0.1, -0.05) is 28.1 Å². The highest BCUT2D eigenvalue weighted by Crippen LogP contribution is 2.26. The van der Waals surface area contributed by atoms with Gasteiger partial charge in [0.25, 0.3) is 0 Å². The Bertz CT molecular complexity index is 402. The molecule has 0 amide bonds. The molecule has 2 N–H and O–H groups in total. The molecule has 0 aromatic heterocycles. The summed E-state index contributed by atoms with van der Waals surface area (Å²) in [7, 11) is 4.42. The van der Waals surface area contributed by atoms with Crippen molar-refractivity contribution in [1.82, 2.24) is 9.80 Å². The number of nitrogens with two attached hydrogens (primary N) is 1. The lowest BCUT2D eigenvalue weighted by Crippen LogP contribution is -2.45. The van der Waals surface area contributed by atoms with Gasteiger partial charge in [-0.15, -0.1) is 0 Å². The molecule has 1 aromatic carbocycles. The van der Waals surface area contributed by atoms with Crippen LogP contribution in [0.3, 0.4) is 0 Å². The van der Waals surface area contributed by atoms with Gasteiger partial charge in [-0.2, -0.15) is 0 Å². The second-order valence-corrected chi connectivity index (χ2v) is 6.42. The highest BCUT2D eigenvalue weighted by Gasteiger charge is 2.26. The summed E-state index contributed by atoms with van der Waals surface area (Å²) in [6.45, 7) is 3.04. The number of likely N-dealkylation sites (N-methyl/N-ethyl adjacent to an activating group) is 1. The van der Waals surface area contributed by atoms with Gasteiger partial charge in [-0.05, 0) is 57.7 Å². The number of hydrogen-bond acceptors (Lipinski definition) is 3. The molecule has 1 heterocycles. The maximum absolute atomic E-state index is 6.02. The predicted octanol–water partition coefficient (Wildman–Crippen LogP) is 2.47. The second kappa shape index (κ2) is 6.84. The van der Waals surface area contributed by atoms with E-state index in [2.05, 4.69) is 64.1 Å². The Labute approximate surface area is 124 Å². The fourth-order valence-corrected chi connectivity index (χ4v) is 3.33. The molecule has 4 heteroatoms. The largest absolute Gasteiger partial charge is 0.329 e. The van der Waals surface area contributed by atoms with E-state index in [4.69, 9.17) is 5.73 Å². The Hall–Kier alpha value is -0.420. The van der Waals surface area contributed by atoms with Crippen molar-refractivity contribution in [1.29, 1.82) is 0 Å². The topological polar surface area (TPSA) is 32.5 Å². The number of likely N-dealkylation sites (tertiary alicyclic amines) is 1. The van der Waals surface area contributed by atoms with Crippen molar-refractivity contribution in [3.63, 3.8) is 0 Å². The summed E-state index contributed by atoms with van der Waals surface area (Å²) in [6.07, 6.45) is 2.47. The standard InChI is InChI=1S/C15H24BrN3/c1-18-8-6-14(7-9-18)19(2)15(11-17)12-4-3-5-13(16)10-12/h3-5,10,14-15H,6-9,11,17H2,1-2H3. The Balaban J connectivity index is 2.08. The zero-order chi connectivity index (χ0) is 13.8. The normalized spacial score (nSPS) is 19.8. The molecule has 0 bridgehead atoms. The van der Waals surface area contributed by atoms with Crippen LogP contribution in [0, 0.1) is 0 Å². The van der Waals surface area contributed by atoms with Gasteiger partial charge >= 0.3 is 0 Å². The van der Waals surface area contributed by atoms with E-state index in [1.165, 1.54) is 31.5 Å². The molecular formula is C15H24BrN3. The van der Waals surface area contributed by atoms with Crippen LogP contribution in [-0.2, 0) is 0 Å². The predicted molar refractivity (Wildman–Crippen MR) is 84.2 cm³/mol. The van der Waals surface area contributed by atoms with Crippen molar-refractivity contribution in [2.75, 3.05) is 33.7 Å². The second-order valence-electron chi connectivity index (χ2n) is 5.51. The highest BCUT2D eigenvalue weighted by atomic mass is 79.9. The van der Waals surface area contributed by atoms with Crippen molar-refractivity contribution in [2.24, 2.45) is 5.73 Å². The molecule has 0 radical (unpaired) electrons. The van der Waals surface area contributed by atoms with Crippen LogP contribution in [0.15, 0.2) is 28.7 Å². The highest BCUT2D eigenvalue weighted by molar-refractivity contribution is 9.10. The summed E-state index contributed by atoms with van der Waals surface area (Å²) in [5, 5.41) is 0. The van der Waals surface area contributed by atoms with E-state index in [0.29, 0.717) is 18.6 Å². The number of benzene rings is 1. The van der Waals surface area contributed by atoms with Gasteiger partial charge in [0.05, 0.1) is 0 Å². The van der Waals surface area contributed by atoms with Crippen molar-refractivity contribution < 1.29 is 0 Å². The average Bonchev–Trinajstić information content (AvgIpc) is 2.40. The van der Waals surface area contributed by atoms with Gasteiger partial charge in [-0.25, -0.2) is 0 Å². The number of hydrogen-bond donors (Lipinski definition) is 1. The minimum absolute atomic E-state index is 0.311. The first kappa shape index (κ1) is 15.0. The van der Waals surface area contributed by atoms with Gasteiger partial charge < -0.3 is 10.6 Å².